The van der Waals surface area contributed by atoms with E-state index in [1.807, 2.05) is 0 Å². The molecule has 2 atom stereocenters. The molecule has 32 heavy (non-hydrogen) atoms. The molecule has 0 radical (unpaired) electrons. The molecule has 3 rings (SSSR count). The van der Waals surface area contributed by atoms with E-state index in [0.717, 1.165) is 4.90 Å². The molecule has 2 aromatic rings. The van der Waals surface area contributed by atoms with Gasteiger partial charge >= 0.3 is 5.97 Å². The van der Waals surface area contributed by atoms with Crippen LogP contribution in [0.2, 0.25) is 0 Å². The number of aliphatic carboxylic acids is 1. The van der Waals surface area contributed by atoms with Gasteiger partial charge in [0.1, 0.15) is 18.3 Å². The Hall–Kier alpha value is -4.08. The van der Waals surface area contributed by atoms with Crippen molar-refractivity contribution >= 4 is 35.1 Å². The second kappa shape index (κ2) is 9.38. The number of carboxylic acid groups (broad SMARTS) is 1. The summed E-state index contributed by atoms with van der Waals surface area (Å²) in [5.74, 6) is -2.65. The van der Waals surface area contributed by atoms with Gasteiger partial charge in [-0.3, -0.25) is 19.2 Å². The molecular formula is C22H24N4O6. The molecule has 1 aliphatic rings. The maximum absolute atomic E-state index is 13.4. The maximum Gasteiger partial charge on any atom is 0.305 e. The van der Waals surface area contributed by atoms with Crippen LogP contribution in [0.1, 0.15) is 29.3 Å². The number of hydrogen-bond acceptors (Lipinski definition) is 6. The smallest absolute Gasteiger partial charge is 0.305 e. The lowest BCUT2D eigenvalue weighted by molar-refractivity contribution is -0.137. The normalized spacial score (nSPS) is 16.5. The molecule has 168 valence electrons. The van der Waals surface area contributed by atoms with Crippen LogP contribution in [0, 0.1) is 0 Å². The van der Waals surface area contributed by atoms with Gasteiger partial charge in [0, 0.05) is 18.2 Å². The molecule has 3 amide bonds. The monoisotopic (exact) mass is 440 g/mol. The molecule has 0 spiro atoms. The van der Waals surface area contributed by atoms with Crippen LogP contribution in [0.5, 0.6) is 5.75 Å². The summed E-state index contributed by atoms with van der Waals surface area (Å²) < 4.78 is 0. The van der Waals surface area contributed by atoms with Gasteiger partial charge in [0.05, 0.1) is 17.7 Å². The lowest BCUT2D eigenvalue weighted by atomic mass is 10.0. The molecule has 0 saturated carbocycles. The van der Waals surface area contributed by atoms with Crippen molar-refractivity contribution in [3.8, 4) is 5.75 Å². The van der Waals surface area contributed by atoms with Gasteiger partial charge < -0.3 is 31.5 Å². The van der Waals surface area contributed by atoms with Gasteiger partial charge in [0.15, 0.2) is 0 Å². The van der Waals surface area contributed by atoms with Gasteiger partial charge in [0.2, 0.25) is 11.8 Å². The van der Waals surface area contributed by atoms with E-state index in [-0.39, 0.29) is 29.8 Å². The molecule has 0 bridgehead atoms. The van der Waals surface area contributed by atoms with Gasteiger partial charge in [-0.05, 0) is 42.8 Å². The Morgan fingerprint density at radius 1 is 1.19 bits per heavy atom. The van der Waals surface area contributed by atoms with Gasteiger partial charge in [-0.15, -0.1) is 0 Å². The summed E-state index contributed by atoms with van der Waals surface area (Å²) in [5, 5.41) is 23.7. The molecule has 10 nitrogen and oxygen atoms in total. The molecule has 0 aromatic heterocycles. The molecule has 0 unspecified atom stereocenters. The lowest BCUT2D eigenvalue weighted by Crippen LogP contribution is -2.51. The SMILES string of the molecule is C[C@H](CC(=O)O)NC(=O)CN1C(=O)c2cc(N)ccc2NC(=O)[C@@H]1Cc1ccc(O)cc1. The fourth-order valence-corrected chi connectivity index (χ4v) is 3.53. The Kier molecular flexibility index (Phi) is 6.62. The van der Waals surface area contributed by atoms with E-state index in [1.54, 1.807) is 18.2 Å². The van der Waals surface area contributed by atoms with Crippen LogP contribution in [0.15, 0.2) is 42.5 Å². The van der Waals surface area contributed by atoms with Crippen LogP contribution in [0.3, 0.4) is 0 Å². The standard InChI is InChI=1S/C22H24N4O6/c1-12(8-20(29)30)24-19(28)11-26-18(9-13-2-5-15(27)6-3-13)21(31)25-17-7-4-14(23)10-16(17)22(26)32/h2-7,10,12,18,27H,8-9,11,23H2,1H3,(H,24,28)(H,25,31)(H,29,30)/t12-,18+/m1/s1. The zero-order chi connectivity index (χ0) is 23.4. The number of nitrogen functional groups attached to an aromatic ring is 1. The molecule has 1 heterocycles. The highest BCUT2D eigenvalue weighted by Gasteiger charge is 2.36. The largest absolute Gasteiger partial charge is 0.508 e. The molecule has 1 aliphatic heterocycles. The van der Waals surface area contributed by atoms with E-state index in [0.29, 0.717) is 11.3 Å². The second-order valence-corrected chi connectivity index (χ2v) is 7.68. The number of rotatable bonds is 7. The Morgan fingerprint density at radius 3 is 2.53 bits per heavy atom. The first-order valence-electron chi connectivity index (χ1n) is 9.94. The predicted octanol–water partition coefficient (Wildman–Crippen LogP) is 0.959. The zero-order valence-corrected chi connectivity index (χ0v) is 17.4. The number of carbonyl (C=O) groups excluding carboxylic acids is 3. The number of phenols is 1. The average Bonchev–Trinajstić information content (AvgIpc) is 2.79. The number of benzene rings is 2. The number of anilines is 2. The van der Waals surface area contributed by atoms with Crippen LogP contribution in [-0.2, 0) is 20.8 Å². The Balaban J connectivity index is 1.92. The first-order valence-corrected chi connectivity index (χ1v) is 9.94. The Bertz CT molecular complexity index is 1050. The van der Waals surface area contributed by atoms with Crippen molar-refractivity contribution in [1.29, 1.82) is 0 Å². The number of aromatic hydroxyl groups is 1. The van der Waals surface area contributed by atoms with E-state index in [9.17, 15) is 24.3 Å². The first kappa shape index (κ1) is 22.6. The van der Waals surface area contributed by atoms with Crippen LogP contribution in [0.25, 0.3) is 0 Å². The maximum atomic E-state index is 13.4. The van der Waals surface area contributed by atoms with Gasteiger partial charge in [-0.25, -0.2) is 0 Å². The Labute approximate surface area is 184 Å². The lowest BCUT2D eigenvalue weighted by Gasteiger charge is -2.29. The molecule has 0 fully saturated rings. The number of hydrogen-bond donors (Lipinski definition) is 5. The van der Waals surface area contributed by atoms with Gasteiger partial charge in [-0.1, -0.05) is 12.1 Å². The van der Waals surface area contributed by atoms with Crippen molar-refractivity contribution in [3.63, 3.8) is 0 Å². The van der Waals surface area contributed by atoms with Gasteiger partial charge in [-0.2, -0.15) is 0 Å². The number of fused-ring (bicyclic) bond motifs is 1. The van der Waals surface area contributed by atoms with Crippen LogP contribution in [0.4, 0.5) is 11.4 Å². The number of phenolic OH excluding ortho intramolecular Hbond substituents is 1. The van der Waals surface area contributed by atoms with Crippen molar-refractivity contribution in [2.24, 2.45) is 0 Å². The van der Waals surface area contributed by atoms with E-state index in [1.165, 1.54) is 31.2 Å². The highest BCUT2D eigenvalue weighted by molar-refractivity contribution is 6.11. The summed E-state index contributed by atoms with van der Waals surface area (Å²) in [6.45, 7) is 1.08. The first-order chi connectivity index (χ1) is 15.1. The number of nitrogens with one attached hydrogen (secondary N) is 2. The van der Waals surface area contributed by atoms with E-state index < -0.39 is 42.3 Å². The molecule has 2 aromatic carbocycles. The van der Waals surface area contributed by atoms with E-state index in [2.05, 4.69) is 10.6 Å². The Morgan fingerprint density at radius 2 is 1.88 bits per heavy atom. The number of carbonyl (C=O) groups is 4. The number of amides is 3. The minimum Gasteiger partial charge on any atom is -0.508 e. The van der Waals surface area contributed by atoms with Crippen molar-refractivity contribution in [1.82, 2.24) is 10.2 Å². The number of nitrogens with two attached hydrogens (primary N) is 1. The molecule has 6 N–H and O–H groups in total. The summed E-state index contributed by atoms with van der Waals surface area (Å²) in [4.78, 5) is 51.0. The fourth-order valence-electron chi connectivity index (χ4n) is 3.53. The highest BCUT2D eigenvalue weighted by Crippen LogP contribution is 2.27. The zero-order valence-electron chi connectivity index (χ0n) is 17.4. The third kappa shape index (κ3) is 5.34. The molecule has 0 aliphatic carbocycles. The topological polar surface area (TPSA) is 162 Å². The quantitative estimate of drug-likeness (QED) is 0.400. The van der Waals surface area contributed by atoms with Crippen LogP contribution in [-0.4, -0.2) is 57.4 Å². The average molecular weight is 440 g/mol. The highest BCUT2D eigenvalue weighted by atomic mass is 16.4. The van der Waals surface area contributed by atoms with E-state index in [4.69, 9.17) is 10.8 Å². The van der Waals surface area contributed by atoms with Crippen molar-refractivity contribution in [3.05, 3.63) is 53.6 Å². The summed E-state index contributed by atoms with van der Waals surface area (Å²) in [5.41, 5.74) is 7.25. The van der Waals surface area contributed by atoms with Gasteiger partial charge in [0.25, 0.3) is 5.91 Å². The summed E-state index contributed by atoms with van der Waals surface area (Å²) in [7, 11) is 0. The van der Waals surface area contributed by atoms with Crippen molar-refractivity contribution in [2.75, 3.05) is 17.6 Å². The fraction of sp³-hybridized carbons (Fsp3) is 0.273. The van der Waals surface area contributed by atoms with Crippen LogP contribution < -0.4 is 16.4 Å². The second-order valence-electron chi connectivity index (χ2n) is 7.68. The number of carboxylic acids is 1. The molecule has 0 saturated heterocycles. The minimum atomic E-state index is -1.07. The summed E-state index contributed by atoms with van der Waals surface area (Å²) >= 11 is 0. The van der Waals surface area contributed by atoms with Crippen molar-refractivity contribution in [2.45, 2.75) is 31.8 Å². The number of nitrogens with zero attached hydrogens (tertiary/aromatic N) is 1. The molecule has 10 heteroatoms. The van der Waals surface area contributed by atoms with Crippen molar-refractivity contribution < 1.29 is 29.4 Å². The molecular weight excluding hydrogens is 416 g/mol. The summed E-state index contributed by atoms with van der Waals surface area (Å²) in [6.07, 6.45) is -0.185. The minimum absolute atomic E-state index is 0.0571. The van der Waals surface area contributed by atoms with Crippen LogP contribution >= 0.6 is 0 Å². The van der Waals surface area contributed by atoms with E-state index >= 15 is 0 Å². The summed E-state index contributed by atoms with van der Waals surface area (Å²) in [6, 6.07) is 8.99. The predicted molar refractivity (Wildman–Crippen MR) is 116 cm³/mol. The third-order valence-electron chi connectivity index (χ3n) is 5.04. The third-order valence-corrected chi connectivity index (χ3v) is 5.04.